The summed E-state index contributed by atoms with van der Waals surface area (Å²) in [7, 11) is 0. The van der Waals surface area contributed by atoms with E-state index < -0.39 is 0 Å². The van der Waals surface area contributed by atoms with Crippen LogP contribution >= 0.6 is 23.5 Å². The Morgan fingerprint density at radius 1 is 0.829 bits per heavy atom. The number of aromatic nitrogens is 2. The van der Waals surface area contributed by atoms with E-state index in [2.05, 4.69) is 81.2 Å². The first kappa shape index (κ1) is 33.7. The Kier molecular flexibility index (Phi) is 16.6. The van der Waals surface area contributed by atoms with Crippen LogP contribution in [0.2, 0.25) is 5.82 Å². The smallest absolute Gasteiger partial charge is 0.212 e. The molecule has 1 aliphatic rings. The van der Waals surface area contributed by atoms with Crippen molar-refractivity contribution >= 4 is 41.2 Å². The lowest BCUT2D eigenvalue weighted by Gasteiger charge is -2.29. The summed E-state index contributed by atoms with van der Waals surface area (Å²) in [6.45, 7) is 10.3. The molecule has 0 saturated heterocycles. The summed E-state index contributed by atoms with van der Waals surface area (Å²) < 4.78 is 1.64. The average Bonchev–Trinajstić information content (AvgIpc) is 3.52. The first-order valence-corrected chi connectivity index (χ1v) is 18.1. The van der Waals surface area contributed by atoms with Gasteiger partial charge in [-0.15, -0.1) is 23.5 Å². The Morgan fingerprint density at radius 3 is 1.85 bits per heavy atom. The summed E-state index contributed by atoms with van der Waals surface area (Å²) in [6, 6.07) is 19.1. The van der Waals surface area contributed by atoms with Gasteiger partial charge in [-0.3, -0.25) is 0 Å². The molecule has 0 aliphatic heterocycles. The molecule has 0 atom stereocenters. The summed E-state index contributed by atoms with van der Waals surface area (Å²) in [4.78, 5) is 12.1. The van der Waals surface area contributed by atoms with Crippen LogP contribution in [0.15, 0.2) is 77.0 Å². The fourth-order valence-corrected chi connectivity index (χ4v) is 7.40. The second-order valence-electron chi connectivity index (χ2n) is 11.7. The molecule has 3 nitrogen and oxygen atoms in total. The molecule has 41 heavy (non-hydrogen) atoms. The van der Waals surface area contributed by atoms with Crippen molar-refractivity contribution in [3.05, 3.63) is 67.3 Å². The maximum absolute atomic E-state index is 5.35. The summed E-state index contributed by atoms with van der Waals surface area (Å²) >= 11 is 4.01. The Hall–Kier alpha value is -1.79. The number of rotatable bonds is 16. The van der Waals surface area contributed by atoms with Crippen molar-refractivity contribution in [1.82, 2.24) is 9.71 Å². The summed E-state index contributed by atoms with van der Waals surface area (Å²) in [5.74, 6) is 4.02. The first-order valence-electron chi connectivity index (χ1n) is 16.2. The van der Waals surface area contributed by atoms with Gasteiger partial charge in [0.05, 0.1) is 6.20 Å². The van der Waals surface area contributed by atoms with Crippen molar-refractivity contribution in [3.8, 4) is 0 Å². The van der Waals surface area contributed by atoms with Crippen LogP contribution in [0, 0.1) is 5.92 Å². The van der Waals surface area contributed by atoms with Crippen LogP contribution < -0.4 is 15.8 Å². The van der Waals surface area contributed by atoms with E-state index in [1.54, 1.807) is 23.5 Å². The molecule has 1 fully saturated rings. The molecule has 0 amide bonds. The zero-order chi connectivity index (χ0) is 29.1. The van der Waals surface area contributed by atoms with E-state index in [-0.39, 0.29) is 0 Å². The van der Waals surface area contributed by atoms with Crippen molar-refractivity contribution in [3.63, 3.8) is 0 Å². The van der Waals surface area contributed by atoms with Crippen LogP contribution in [-0.2, 0) is 0 Å². The van der Waals surface area contributed by atoms with Gasteiger partial charge in [-0.1, -0.05) is 114 Å². The van der Waals surface area contributed by atoms with Gasteiger partial charge in [-0.25, -0.2) is 4.98 Å². The molecule has 1 aliphatic carbocycles. The first-order chi connectivity index (χ1) is 20.1. The quantitative estimate of drug-likeness (QED) is 0.0942. The molecule has 1 saturated carbocycles. The Bertz CT molecular complexity index is 982. The number of unbranched alkanes of at least 4 members (excludes halogenated alkanes) is 2. The molecular weight excluding hydrogens is 539 g/mol. The highest BCUT2D eigenvalue weighted by molar-refractivity contribution is 7.99. The molecule has 2 aromatic carbocycles. The van der Waals surface area contributed by atoms with Crippen LogP contribution in [-0.4, -0.2) is 34.5 Å². The van der Waals surface area contributed by atoms with Crippen LogP contribution in [0.1, 0.15) is 98.3 Å². The molecular formula is C35H53BN2OS2. The normalized spacial score (nSPS) is 13.6. The van der Waals surface area contributed by atoms with Gasteiger partial charge in [0.1, 0.15) is 12.9 Å². The molecule has 0 radical (unpaired) electrons. The second-order valence-corrected chi connectivity index (χ2v) is 14.0. The minimum Gasteiger partial charge on any atom is -0.413 e. The number of hydrogen-bond acceptors (Lipinski definition) is 4. The topological polar surface area (TPSA) is 27.1 Å². The standard InChI is InChI=1S/C26H37BS2.C9H16N2O/c1-3-5-20-28-25-16-12-23(13-17-25)27(22-10-8-7-9-11-22)24-14-18-26(19-15-24)29-21-6-4-2;1-9(2)4-3-7-12-11-6-5-10-8-11/h12-19,22H,3-11,20-21H2,1-2H3;5-6,8-9H,3-4,7H2,1-2H3. The minimum absolute atomic E-state index is 0.555. The maximum atomic E-state index is 5.35. The fourth-order valence-electron chi connectivity index (χ4n) is 5.40. The SMILES string of the molecule is CC(C)CCCOn1ccnc1.CCCCSc1ccc(B(c2ccc(SCCCC)cc2)C2CCCCC2)cc1. The summed E-state index contributed by atoms with van der Waals surface area (Å²) in [6.07, 6.45) is 19.6. The number of thioether (sulfide) groups is 2. The lowest BCUT2D eigenvalue weighted by Crippen LogP contribution is -2.46. The van der Waals surface area contributed by atoms with Crippen LogP contribution in [0.5, 0.6) is 0 Å². The molecule has 6 heteroatoms. The Labute approximate surface area is 260 Å². The van der Waals surface area contributed by atoms with Crippen molar-refractivity contribution in [2.45, 2.75) is 114 Å². The van der Waals surface area contributed by atoms with Gasteiger partial charge in [-0.2, -0.15) is 4.73 Å². The van der Waals surface area contributed by atoms with Gasteiger partial charge in [0.25, 0.3) is 0 Å². The van der Waals surface area contributed by atoms with E-state index in [1.165, 1.54) is 96.4 Å². The number of benzene rings is 2. The van der Waals surface area contributed by atoms with Crippen molar-refractivity contribution in [2.75, 3.05) is 18.1 Å². The van der Waals surface area contributed by atoms with Crippen molar-refractivity contribution in [1.29, 1.82) is 0 Å². The molecule has 1 aromatic heterocycles. The van der Waals surface area contributed by atoms with Crippen LogP contribution in [0.3, 0.4) is 0 Å². The third kappa shape index (κ3) is 12.9. The van der Waals surface area contributed by atoms with Gasteiger partial charge in [0, 0.05) is 16.0 Å². The van der Waals surface area contributed by atoms with E-state index in [4.69, 9.17) is 4.84 Å². The predicted molar refractivity (Wildman–Crippen MR) is 184 cm³/mol. The second kappa shape index (κ2) is 20.2. The van der Waals surface area contributed by atoms with E-state index in [0.717, 1.165) is 24.8 Å². The predicted octanol–water partition coefficient (Wildman–Crippen LogP) is 9.16. The van der Waals surface area contributed by atoms with E-state index in [0.29, 0.717) is 6.71 Å². The van der Waals surface area contributed by atoms with Crippen molar-refractivity contribution in [2.24, 2.45) is 5.92 Å². The summed E-state index contributed by atoms with van der Waals surface area (Å²) in [5.41, 5.74) is 3.03. The van der Waals surface area contributed by atoms with E-state index in [9.17, 15) is 0 Å². The highest BCUT2D eigenvalue weighted by Crippen LogP contribution is 2.32. The molecule has 3 aromatic rings. The molecule has 0 spiro atoms. The lowest BCUT2D eigenvalue weighted by atomic mass is 9.32. The molecule has 1 heterocycles. The minimum atomic E-state index is 0.555. The largest absolute Gasteiger partial charge is 0.413 e. The van der Waals surface area contributed by atoms with Gasteiger partial charge < -0.3 is 4.84 Å². The van der Waals surface area contributed by atoms with Gasteiger partial charge in [-0.05, 0) is 67.4 Å². The van der Waals surface area contributed by atoms with Gasteiger partial charge in [0.2, 0.25) is 6.71 Å². The fraction of sp³-hybridized carbons (Fsp3) is 0.571. The number of hydrogen-bond donors (Lipinski definition) is 0. The van der Waals surface area contributed by atoms with Gasteiger partial charge in [0.15, 0.2) is 0 Å². The zero-order valence-corrected chi connectivity index (χ0v) is 27.7. The maximum Gasteiger partial charge on any atom is 0.212 e. The molecule has 224 valence electrons. The molecule has 4 rings (SSSR count). The summed E-state index contributed by atoms with van der Waals surface area (Å²) in [5, 5.41) is 0. The molecule has 0 N–H and O–H groups in total. The molecule has 0 bridgehead atoms. The number of imidazole rings is 1. The third-order valence-corrected chi connectivity index (χ3v) is 9.98. The Balaban J connectivity index is 0.000000322. The van der Waals surface area contributed by atoms with Crippen LogP contribution in [0.4, 0.5) is 0 Å². The monoisotopic (exact) mass is 592 g/mol. The highest BCUT2D eigenvalue weighted by Gasteiger charge is 2.30. The molecule has 0 unspecified atom stereocenters. The average molecular weight is 593 g/mol. The zero-order valence-electron chi connectivity index (χ0n) is 26.1. The highest BCUT2D eigenvalue weighted by atomic mass is 32.2. The van der Waals surface area contributed by atoms with Crippen molar-refractivity contribution < 1.29 is 4.84 Å². The number of nitrogens with zero attached hydrogens (tertiary/aromatic N) is 2. The van der Waals surface area contributed by atoms with E-state index in [1.807, 2.05) is 23.5 Å². The van der Waals surface area contributed by atoms with E-state index >= 15 is 0 Å². The lowest BCUT2D eigenvalue weighted by molar-refractivity contribution is 0.104. The Morgan fingerprint density at radius 2 is 1.39 bits per heavy atom. The van der Waals surface area contributed by atoms with Gasteiger partial charge >= 0.3 is 0 Å². The van der Waals surface area contributed by atoms with Crippen LogP contribution in [0.25, 0.3) is 0 Å². The third-order valence-electron chi connectivity index (χ3n) is 7.78.